The van der Waals surface area contributed by atoms with E-state index in [9.17, 15) is 14.7 Å². The number of piperidine rings is 1. The van der Waals surface area contributed by atoms with Crippen LogP contribution in [0.1, 0.15) is 51.4 Å². The fraction of sp³-hybridized carbons (Fsp3) is 0.857. The molecule has 1 aliphatic heterocycles. The van der Waals surface area contributed by atoms with Crippen LogP contribution in [0, 0.1) is 5.92 Å². The zero-order chi connectivity index (χ0) is 13.7. The summed E-state index contributed by atoms with van der Waals surface area (Å²) in [6, 6.07) is -0.331. The third kappa shape index (κ3) is 3.93. The summed E-state index contributed by atoms with van der Waals surface area (Å²) in [5.74, 6) is -1.21. The van der Waals surface area contributed by atoms with E-state index in [0.717, 1.165) is 51.5 Å². The Morgan fingerprint density at radius 3 is 2.42 bits per heavy atom. The summed E-state index contributed by atoms with van der Waals surface area (Å²) in [6.07, 6.45) is 7.53. The molecule has 0 bridgehead atoms. The minimum absolute atomic E-state index is 0.0159. The molecule has 1 aliphatic carbocycles. The number of carboxylic acids is 1. The van der Waals surface area contributed by atoms with E-state index in [-0.39, 0.29) is 18.0 Å². The fourth-order valence-electron chi connectivity index (χ4n) is 3.13. The van der Waals surface area contributed by atoms with Crippen molar-refractivity contribution in [3.05, 3.63) is 0 Å². The highest BCUT2D eigenvalue weighted by molar-refractivity contribution is 5.83. The van der Waals surface area contributed by atoms with Crippen LogP contribution in [0.4, 0.5) is 0 Å². The highest BCUT2D eigenvalue weighted by Gasteiger charge is 2.32. The van der Waals surface area contributed by atoms with Gasteiger partial charge in [-0.2, -0.15) is 0 Å². The lowest BCUT2D eigenvalue weighted by Gasteiger charge is -2.28. The Balaban J connectivity index is 1.93. The summed E-state index contributed by atoms with van der Waals surface area (Å²) in [5.41, 5.74) is 0. The maximum atomic E-state index is 12.2. The predicted octanol–water partition coefficient (Wildman–Crippen LogP) is 1.28. The Bertz CT molecular complexity index is 327. The number of rotatable bonds is 3. The second-order valence-electron chi connectivity index (χ2n) is 5.70. The lowest BCUT2D eigenvalue weighted by molar-refractivity contribution is -0.143. The van der Waals surface area contributed by atoms with Gasteiger partial charge in [-0.05, 0) is 32.2 Å². The lowest BCUT2D eigenvalue weighted by atomic mass is 9.94. The second-order valence-corrected chi connectivity index (χ2v) is 5.70. The molecule has 3 atom stereocenters. The first kappa shape index (κ1) is 14.3. The van der Waals surface area contributed by atoms with Crippen molar-refractivity contribution in [2.75, 3.05) is 6.54 Å². The molecule has 1 saturated heterocycles. The van der Waals surface area contributed by atoms with Crippen LogP contribution in [0.15, 0.2) is 0 Å². The monoisotopic (exact) mass is 268 g/mol. The van der Waals surface area contributed by atoms with Crippen LogP contribution in [-0.2, 0) is 9.59 Å². The van der Waals surface area contributed by atoms with Crippen LogP contribution < -0.4 is 10.6 Å². The van der Waals surface area contributed by atoms with Gasteiger partial charge < -0.3 is 15.7 Å². The number of carbonyl (C=O) groups is 2. The van der Waals surface area contributed by atoms with Crippen LogP contribution in [-0.4, -0.2) is 35.6 Å². The highest BCUT2D eigenvalue weighted by Crippen LogP contribution is 2.24. The molecule has 5 nitrogen and oxygen atoms in total. The third-order valence-corrected chi connectivity index (χ3v) is 4.29. The summed E-state index contributed by atoms with van der Waals surface area (Å²) in [4.78, 5) is 23.5. The quantitative estimate of drug-likeness (QED) is 0.674. The van der Waals surface area contributed by atoms with Crippen molar-refractivity contribution in [3.63, 3.8) is 0 Å². The normalized spacial score (nSPS) is 32.3. The summed E-state index contributed by atoms with van der Waals surface area (Å²) < 4.78 is 0. The van der Waals surface area contributed by atoms with Gasteiger partial charge in [0, 0.05) is 6.04 Å². The molecule has 1 saturated carbocycles. The molecule has 0 aromatic heterocycles. The van der Waals surface area contributed by atoms with E-state index in [4.69, 9.17) is 0 Å². The first-order valence-corrected chi connectivity index (χ1v) is 7.45. The van der Waals surface area contributed by atoms with Crippen molar-refractivity contribution < 1.29 is 14.7 Å². The molecule has 5 heteroatoms. The molecule has 19 heavy (non-hydrogen) atoms. The Morgan fingerprint density at radius 2 is 1.74 bits per heavy atom. The molecule has 0 radical (unpaired) electrons. The van der Waals surface area contributed by atoms with E-state index in [0.29, 0.717) is 6.42 Å². The van der Waals surface area contributed by atoms with Gasteiger partial charge >= 0.3 is 5.97 Å². The smallest absolute Gasteiger partial charge is 0.308 e. The van der Waals surface area contributed by atoms with Gasteiger partial charge in [0.2, 0.25) is 5.91 Å². The molecule has 0 aromatic rings. The molecular formula is C14H24N2O3. The Kier molecular flexibility index (Phi) is 5.19. The van der Waals surface area contributed by atoms with Crippen molar-refractivity contribution in [2.45, 2.75) is 63.5 Å². The SMILES string of the molecule is O=C(O)C1CCCCCC1NC(=O)[C@H]1CCCCN1. The molecule has 1 heterocycles. The van der Waals surface area contributed by atoms with E-state index in [1.165, 1.54) is 0 Å². The largest absolute Gasteiger partial charge is 0.481 e. The molecule has 0 spiro atoms. The molecule has 0 aromatic carbocycles. The van der Waals surface area contributed by atoms with Gasteiger partial charge in [-0.25, -0.2) is 0 Å². The Morgan fingerprint density at radius 1 is 1.00 bits per heavy atom. The van der Waals surface area contributed by atoms with E-state index in [1.54, 1.807) is 0 Å². The Hall–Kier alpha value is -1.10. The van der Waals surface area contributed by atoms with Gasteiger partial charge in [-0.15, -0.1) is 0 Å². The number of carbonyl (C=O) groups excluding carboxylic acids is 1. The van der Waals surface area contributed by atoms with Gasteiger partial charge in [0.25, 0.3) is 0 Å². The average Bonchev–Trinajstić information content (AvgIpc) is 2.65. The zero-order valence-corrected chi connectivity index (χ0v) is 11.4. The van der Waals surface area contributed by atoms with Crippen molar-refractivity contribution in [3.8, 4) is 0 Å². The second kappa shape index (κ2) is 6.89. The summed E-state index contributed by atoms with van der Waals surface area (Å²) in [5, 5.41) is 15.5. The third-order valence-electron chi connectivity index (χ3n) is 4.29. The van der Waals surface area contributed by atoms with Crippen molar-refractivity contribution in [1.82, 2.24) is 10.6 Å². The highest BCUT2D eigenvalue weighted by atomic mass is 16.4. The molecule has 2 unspecified atom stereocenters. The summed E-state index contributed by atoms with van der Waals surface area (Å²) >= 11 is 0. The number of aliphatic carboxylic acids is 1. The number of amides is 1. The van der Waals surface area contributed by atoms with Gasteiger partial charge in [-0.3, -0.25) is 9.59 Å². The molecule has 2 fully saturated rings. The van der Waals surface area contributed by atoms with Crippen molar-refractivity contribution in [2.24, 2.45) is 5.92 Å². The minimum Gasteiger partial charge on any atom is -0.481 e. The van der Waals surface area contributed by atoms with Crippen LogP contribution in [0.3, 0.4) is 0 Å². The van der Waals surface area contributed by atoms with Gasteiger partial charge in [0.05, 0.1) is 12.0 Å². The molecule has 3 N–H and O–H groups in total. The number of hydrogen-bond donors (Lipinski definition) is 3. The van der Waals surface area contributed by atoms with E-state index in [2.05, 4.69) is 10.6 Å². The minimum atomic E-state index is -0.774. The molecule has 1 amide bonds. The molecule has 108 valence electrons. The summed E-state index contributed by atoms with van der Waals surface area (Å²) in [7, 11) is 0. The standard InChI is InChI=1S/C14H24N2O3/c17-13(12-8-4-5-9-15-12)16-11-7-3-1-2-6-10(11)14(18)19/h10-12,15H,1-9H2,(H,16,17)(H,18,19)/t10?,11?,12-/m1/s1. The van der Waals surface area contributed by atoms with E-state index in [1.807, 2.05) is 0 Å². The number of nitrogens with one attached hydrogen (secondary N) is 2. The van der Waals surface area contributed by atoms with Crippen LogP contribution in [0.2, 0.25) is 0 Å². The first-order chi connectivity index (χ1) is 9.18. The molecule has 2 rings (SSSR count). The lowest BCUT2D eigenvalue weighted by Crippen LogP contribution is -2.52. The maximum Gasteiger partial charge on any atom is 0.308 e. The molecular weight excluding hydrogens is 244 g/mol. The molecule has 2 aliphatic rings. The van der Waals surface area contributed by atoms with Gasteiger partial charge in [0.15, 0.2) is 0 Å². The van der Waals surface area contributed by atoms with Crippen molar-refractivity contribution >= 4 is 11.9 Å². The number of carboxylic acid groups (broad SMARTS) is 1. The number of hydrogen-bond acceptors (Lipinski definition) is 3. The zero-order valence-electron chi connectivity index (χ0n) is 11.4. The average molecular weight is 268 g/mol. The fourth-order valence-corrected chi connectivity index (χ4v) is 3.13. The van der Waals surface area contributed by atoms with Gasteiger partial charge in [0.1, 0.15) is 0 Å². The van der Waals surface area contributed by atoms with E-state index < -0.39 is 11.9 Å². The first-order valence-electron chi connectivity index (χ1n) is 7.45. The van der Waals surface area contributed by atoms with Crippen LogP contribution >= 0.6 is 0 Å². The predicted molar refractivity (Wildman–Crippen MR) is 71.8 cm³/mol. The van der Waals surface area contributed by atoms with Gasteiger partial charge in [-0.1, -0.05) is 25.7 Å². The van der Waals surface area contributed by atoms with E-state index >= 15 is 0 Å². The van der Waals surface area contributed by atoms with Crippen LogP contribution in [0.25, 0.3) is 0 Å². The van der Waals surface area contributed by atoms with Crippen molar-refractivity contribution in [1.29, 1.82) is 0 Å². The maximum absolute atomic E-state index is 12.2. The topological polar surface area (TPSA) is 78.4 Å². The Labute approximate surface area is 114 Å². The van der Waals surface area contributed by atoms with Crippen LogP contribution in [0.5, 0.6) is 0 Å². The summed E-state index contributed by atoms with van der Waals surface area (Å²) in [6.45, 7) is 0.880.